The topological polar surface area (TPSA) is 97.6 Å². The molecule has 0 aromatic heterocycles. The van der Waals surface area contributed by atoms with Crippen molar-refractivity contribution in [2.45, 2.75) is 37.6 Å². The van der Waals surface area contributed by atoms with E-state index in [2.05, 4.69) is 4.89 Å². The summed E-state index contributed by atoms with van der Waals surface area (Å²) in [5.41, 5.74) is 0.754. The van der Waals surface area contributed by atoms with E-state index in [0.717, 1.165) is 5.56 Å². The SMILES string of the molecule is COOCc1ccccc1OC1CC(O)C(O)C(CO)O1. The van der Waals surface area contributed by atoms with E-state index in [9.17, 15) is 10.2 Å². The van der Waals surface area contributed by atoms with Crippen LogP contribution in [0.25, 0.3) is 0 Å². The zero-order valence-electron chi connectivity index (χ0n) is 11.7. The summed E-state index contributed by atoms with van der Waals surface area (Å²) in [4.78, 5) is 9.44. The molecule has 1 heterocycles. The highest BCUT2D eigenvalue weighted by molar-refractivity contribution is 5.32. The average Bonchev–Trinajstić information content (AvgIpc) is 2.50. The fourth-order valence-electron chi connectivity index (χ4n) is 2.14. The normalized spacial score (nSPS) is 29.3. The van der Waals surface area contributed by atoms with Gasteiger partial charge in [-0.2, -0.15) is 0 Å². The van der Waals surface area contributed by atoms with Gasteiger partial charge in [0.05, 0.1) is 19.8 Å². The number of hydrogen-bond acceptors (Lipinski definition) is 7. The number of aliphatic hydroxyl groups excluding tert-OH is 3. The molecule has 2 rings (SSSR count). The molecule has 1 aromatic rings. The zero-order valence-corrected chi connectivity index (χ0v) is 11.7. The van der Waals surface area contributed by atoms with Gasteiger partial charge >= 0.3 is 0 Å². The Balaban J connectivity index is 2.04. The average molecular weight is 300 g/mol. The first-order valence-electron chi connectivity index (χ1n) is 6.68. The molecule has 118 valence electrons. The Morgan fingerprint density at radius 2 is 2.05 bits per heavy atom. The van der Waals surface area contributed by atoms with E-state index in [1.54, 1.807) is 12.1 Å². The molecule has 0 bridgehead atoms. The Bertz CT molecular complexity index is 439. The first-order valence-corrected chi connectivity index (χ1v) is 6.68. The molecule has 4 unspecified atom stereocenters. The third-order valence-corrected chi connectivity index (χ3v) is 3.28. The lowest BCUT2D eigenvalue weighted by atomic mass is 10.0. The number of benzene rings is 1. The smallest absolute Gasteiger partial charge is 0.202 e. The van der Waals surface area contributed by atoms with Crippen LogP contribution in [-0.2, 0) is 21.1 Å². The van der Waals surface area contributed by atoms with Crippen LogP contribution in [-0.4, -0.2) is 53.6 Å². The Morgan fingerprint density at radius 3 is 2.76 bits per heavy atom. The van der Waals surface area contributed by atoms with Gasteiger partial charge in [0, 0.05) is 12.0 Å². The summed E-state index contributed by atoms with van der Waals surface area (Å²) in [6.07, 6.45) is -3.66. The lowest BCUT2D eigenvalue weighted by molar-refractivity contribution is -0.282. The van der Waals surface area contributed by atoms with E-state index >= 15 is 0 Å². The summed E-state index contributed by atoms with van der Waals surface area (Å²) in [7, 11) is 1.41. The minimum atomic E-state index is -1.12. The summed E-state index contributed by atoms with van der Waals surface area (Å²) < 4.78 is 11.1. The van der Waals surface area contributed by atoms with Crippen LogP contribution in [0.2, 0.25) is 0 Å². The Labute approximate surface area is 122 Å². The van der Waals surface area contributed by atoms with Crippen LogP contribution >= 0.6 is 0 Å². The maximum atomic E-state index is 9.77. The summed E-state index contributed by atoms with van der Waals surface area (Å²) in [5.74, 6) is 0.528. The molecule has 1 saturated heterocycles. The van der Waals surface area contributed by atoms with E-state index in [0.29, 0.717) is 5.75 Å². The standard InChI is InChI=1S/C14H20O7/c1-18-19-8-9-4-2-3-5-11(9)20-13-6-10(16)14(17)12(7-15)21-13/h2-5,10,12-17H,6-8H2,1H3. The van der Waals surface area contributed by atoms with E-state index < -0.39 is 31.2 Å². The molecule has 7 nitrogen and oxygen atoms in total. The minimum absolute atomic E-state index is 0.108. The van der Waals surface area contributed by atoms with Gasteiger partial charge in [0.25, 0.3) is 0 Å². The summed E-state index contributed by atoms with van der Waals surface area (Å²) in [6, 6.07) is 7.18. The van der Waals surface area contributed by atoms with Crippen LogP contribution in [0.3, 0.4) is 0 Å². The third kappa shape index (κ3) is 4.13. The molecule has 21 heavy (non-hydrogen) atoms. The van der Waals surface area contributed by atoms with Gasteiger partial charge in [-0.25, -0.2) is 9.78 Å². The maximum Gasteiger partial charge on any atom is 0.202 e. The Kier molecular flexibility index (Phi) is 5.92. The van der Waals surface area contributed by atoms with Crippen LogP contribution in [0.4, 0.5) is 0 Å². The van der Waals surface area contributed by atoms with Crippen LogP contribution < -0.4 is 4.74 Å². The highest BCUT2D eigenvalue weighted by Crippen LogP contribution is 2.26. The van der Waals surface area contributed by atoms with Gasteiger partial charge in [0.2, 0.25) is 6.29 Å². The van der Waals surface area contributed by atoms with Crippen molar-refractivity contribution < 1.29 is 34.6 Å². The molecule has 0 saturated carbocycles. The highest BCUT2D eigenvalue weighted by atomic mass is 17.2. The molecular formula is C14H20O7. The first kappa shape index (κ1) is 16.2. The van der Waals surface area contributed by atoms with Crippen LogP contribution in [0.15, 0.2) is 24.3 Å². The monoisotopic (exact) mass is 300 g/mol. The third-order valence-electron chi connectivity index (χ3n) is 3.28. The fraction of sp³-hybridized carbons (Fsp3) is 0.571. The summed E-state index contributed by atoms with van der Waals surface area (Å²) >= 11 is 0. The van der Waals surface area contributed by atoms with E-state index in [1.807, 2.05) is 12.1 Å². The number of ether oxygens (including phenoxy) is 2. The first-order chi connectivity index (χ1) is 10.2. The molecular weight excluding hydrogens is 280 g/mol. The number of para-hydroxylation sites is 1. The lowest BCUT2D eigenvalue weighted by Gasteiger charge is -2.36. The van der Waals surface area contributed by atoms with Crippen molar-refractivity contribution in [3.05, 3.63) is 29.8 Å². The highest BCUT2D eigenvalue weighted by Gasteiger charge is 2.37. The van der Waals surface area contributed by atoms with Crippen molar-refractivity contribution in [1.29, 1.82) is 0 Å². The second-order valence-corrected chi connectivity index (χ2v) is 4.73. The van der Waals surface area contributed by atoms with Crippen LogP contribution in [0.5, 0.6) is 5.75 Å². The van der Waals surface area contributed by atoms with Crippen LogP contribution in [0, 0.1) is 0 Å². The van der Waals surface area contributed by atoms with Crippen LogP contribution in [0.1, 0.15) is 12.0 Å². The molecule has 1 aromatic carbocycles. The quantitative estimate of drug-likeness (QED) is 0.501. The molecule has 7 heteroatoms. The van der Waals surface area contributed by atoms with Gasteiger partial charge in [-0.15, -0.1) is 0 Å². The Morgan fingerprint density at radius 1 is 1.29 bits per heavy atom. The van der Waals surface area contributed by atoms with Crippen molar-refractivity contribution in [2.75, 3.05) is 13.7 Å². The largest absolute Gasteiger partial charge is 0.464 e. The summed E-state index contributed by atoms with van der Waals surface area (Å²) in [5, 5.41) is 28.6. The van der Waals surface area contributed by atoms with Crippen molar-refractivity contribution in [2.24, 2.45) is 0 Å². The molecule has 1 aliphatic heterocycles. The lowest BCUT2D eigenvalue weighted by Crippen LogP contribution is -2.51. The molecule has 4 atom stereocenters. The van der Waals surface area contributed by atoms with Gasteiger partial charge in [-0.05, 0) is 6.07 Å². The predicted octanol–water partition coefficient (Wildman–Crippen LogP) is -0.0275. The minimum Gasteiger partial charge on any atom is -0.464 e. The number of rotatable bonds is 6. The molecule has 1 fully saturated rings. The van der Waals surface area contributed by atoms with Crippen molar-refractivity contribution >= 4 is 0 Å². The fourth-order valence-corrected chi connectivity index (χ4v) is 2.14. The molecule has 0 spiro atoms. The van der Waals surface area contributed by atoms with Gasteiger partial charge in [0.15, 0.2) is 0 Å². The van der Waals surface area contributed by atoms with Gasteiger partial charge in [-0.1, -0.05) is 18.2 Å². The summed E-state index contributed by atoms with van der Waals surface area (Å²) in [6.45, 7) is -0.194. The molecule has 0 radical (unpaired) electrons. The van der Waals surface area contributed by atoms with Crippen molar-refractivity contribution in [1.82, 2.24) is 0 Å². The molecule has 3 N–H and O–H groups in total. The Hall–Kier alpha value is -1.22. The zero-order chi connectivity index (χ0) is 15.2. The predicted molar refractivity (Wildman–Crippen MR) is 71.2 cm³/mol. The van der Waals surface area contributed by atoms with Gasteiger partial charge in [0.1, 0.15) is 24.6 Å². The molecule has 1 aliphatic rings. The molecule has 0 amide bonds. The van der Waals surface area contributed by atoms with Crippen molar-refractivity contribution in [3.8, 4) is 5.75 Å². The van der Waals surface area contributed by atoms with Crippen molar-refractivity contribution in [3.63, 3.8) is 0 Å². The second-order valence-electron chi connectivity index (χ2n) is 4.73. The number of hydrogen-bond donors (Lipinski definition) is 3. The van der Waals surface area contributed by atoms with E-state index in [-0.39, 0.29) is 13.0 Å². The molecule has 0 aliphatic carbocycles. The van der Waals surface area contributed by atoms with Gasteiger partial charge in [-0.3, -0.25) is 0 Å². The number of aliphatic hydroxyl groups is 3. The van der Waals surface area contributed by atoms with Gasteiger partial charge < -0.3 is 24.8 Å². The second kappa shape index (κ2) is 7.69. The van der Waals surface area contributed by atoms with E-state index in [4.69, 9.17) is 19.5 Å². The maximum absolute atomic E-state index is 9.77. The van der Waals surface area contributed by atoms with E-state index in [1.165, 1.54) is 7.11 Å².